The third-order valence-corrected chi connectivity index (χ3v) is 6.76. The summed E-state index contributed by atoms with van der Waals surface area (Å²) in [6.45, 7) is 4.86. The summed E-state index contributed by atoms with van der Waals surface area (Å²) in [6, 6.07) is 19.6. The van der Waals surface area contributed by atoms with E-state index in [0.717, 1.165) is 29.4 Å². The number of carbonyl (C=O) groups is 1. The predicted molar refractivity (Wildman–Crippen MR) is 146 cm³/mol. The number of aryl methyl sites for hydroxylation is 1. The van der Waals surface area contributed by atoms with Gasteiger partial charge in [0.25, 0.3) is 0 Å². The van der Waals surface area contributed by atoms with E-state index in [1.165, 1.54) is 0 Å². The van der Waals surface area contributed by atoms with Gasteiger partial charge in [0.05, 0.1) is 6.61 Å². The lowest BCUT2D eigenvalue weighted by Gasteiger charge is -2.13. The first-order valence-electron chi connectivity index (χ1n) is 10.4. The van der Waals surface area contributed by atoms with Crippen LogP contribution in [0.25, 0.3) is 6.08 Å². The highest BCUT2D eigenvalue weighted by molar-refractivity contribution is 14.1. The van der Waals surface area contributed by atoms with Crippen LogP contribution in [0.3, 0.4) is 0 Å². The first-order valence-corrected chi connectivity index (χ1v) is 12.5. The lowest BCUT2D eigenvalue weighted by Crippen LogP contribution is -2.05. The molecule has 0 atom stereocenters. The second kappa shape index (κ2) is 10.7. The number of halogens is 2. The molecular weight excluding hydrogens is 644 g/mol. The molecule has 0 aliphatic carbocycles. The molecule has 3 aromatic carbocycles. The monoisotopic (exact) mass is 665 g/mol. The first-order chi connectivity index (χ1) is 15.9. The summed E-state index contributed by atoms with van der Waals surface area (Å²) in [4.78, 5) is 16.8. The number of rotatable bonds is 7. The van der Waals surface area contributed by atoms with E-state index in [-0.39, 0.29) is 5.70 Å². The molecule has 0 N–H and O–H groups in total. The third-order valence-electron chi connectivity index (χ3n) is 4.88. The molecule has 0 radical (unpaired) electrons. The maximum atomic E-state index is 12.4. The van der Waals surface area contributed by atoms with Crippen LogP contribution in [0.15, 0.2) is 71.4 Å². The highest BCUT2D eigenvalue weighted by atomic mass is 127. The van der Waals surface area contributed by atoms with Gasteiger partial charge in [0.1, 0.15) is 6.61 Å². The number of benzene rings is 3. The number of hydrogen-bond acceptors (Lipinski definition) is 5. The van der Waals surface area contributed by atoms with Crippen molar-refractivity contribution in [3.05, 3.63) is 95.8 Å². The fraction of sp³-hybridized carbons (Fsp3) is 0.154. The van der Waals surface area contributed by atoms with Crippen molar-refractivity contribution in [2.24, 2.45) is 4.99 Å². The van der Waals surface area contributed by atoms with Crippen LogP contribution in [0.5, 0.6) is 11.5 Å². The SMILES string of the molecule is CCOc1cc(/C=C2\N=C(c3ccc(I)c(C)c3)OC2=O)ccc1OCc1cccc(I)c1. The Hall–Kier alpha value is -2.40. The van der Waals surface area contributed by atoms with Gasteiger partial charge in [-0.1, -0.05) is 18.2 Å². The largest absolute Gasteiger partial charge is 0.490 e. The number of esters is 1. The van der Waals surface area contributed by atoms with E-state index in [4.69, 9.17) is 14.2 Å². The van der Waals surface area contributed by atoms with E-state index >= 15 is 0 Å². The molecule has 0 unspecified atom stereocenters. The molecule has 0 fully saturated rings. The minimum absolute atomic E-state index is 0.246. The number of cyclic esters (lactones) is 1. The Labute approximate surface area is 220 Å². The molecule has 0 aromatic heterocycles. The molecule has 0 amide bonds. The van der Waals surface area contributed by atoms with Crippen molar-refractivity contribution in [2.45, 2.75) is 20.5 Å². The third kappa shape index (κ3) is 5.94. The molecule has 1 aliphatic rings. The Balaban J connectivity index is 1.56. The molecule has 0 spiro atoms. The van der Waals surface area contributed by atoms with Crippen molar-refractivity contribution in [1.82, 2.24) is 0 Å². The van der Waals surface area contributed by atoms with E-state index < -0.39 is 5.97 Å². The molecule has 7 heteroatoms. The lowest BCUT2D eigenvalue weighted by atomic mass is 10.1. The normalized spacial score (nSPS) is 14.2. The fourth-order valence-electron chi connectivity index (χ4n) is 3.26. The fourth-order valence-corrected chi connectivity index (χ4v) is 4.20. The molecule has 33 heavy (non-hydrogen) atoms. The van der Waals surface area contributed by atoms with Gasteiger partial charge in [-0.2, -0.15) is 0 Å². The molecule has 0 saturated carbocycles. The molecular formula is C26H21I2NO4. The summed E-state index contributed by atoms with van der Waals surface area (Å²) in [5, 5.41) is 0. The predicted octanol–water partition coefficient (Wildman–Crippen LogP) is 6.53. The smallest absolute Gasteiger partial charge is 0.363 e. The highest BCUT2D eigenvalue weighted by Crippen LogP contribution is 2.31. The van der Waals surface area contributed by atoms with Gasteiger partial charge in [-0.3, -0.25) is 0 Å². The average Bonchev–Trinajstić information content (AvgIpc) is 3.15. The molecule has 0 saturated heterocycles. The number of hydrogen-bond donors (Lipinski definition) is 0. The summed E-state index contributed by atoms with van der Waals surface area (Å²) < 4.78 is 19.5. The van der Waals surface area contributed by atoms with E-state index in [0.29, 0.717) is 30.6 Å². The number of aliphatic imine (C=N–C) groups is 1. The second-order valence-corrected chi connectivity index (χ2v) is 9.77. The molecule has 3 aromatic rings. The molecule has 168 valence electrons. The summed E-state index contributed by atoms with van der Waals surface area (Å²) in [5.74, 6) is 1.10. The van der Waals surface area contributed by atoms with Crippen molar-refractivity contribution in [3.8, 4) is 11.5 Å². The van der Waals surface area contributed by atoms with E-state index in [1.807, 2.05) is 68.4 Å². The van der Waals surface area contributed by atoms with Crippen LogP contribution >= 0.6 is 45.2 Å². The summed E-state index contributed by atoms with van der Waals surface area (Å²) >= 11 is 4.55. The topological polar surface area (TPSA) is 57.1 Å². The van der Waals surface area contributed by atoms with Crippen molar-refractivity contribution >= 4 is 63.1 Å². The maximum Gasteiger partial charge on any atom is 0.363 e. The number of ether oxygens (including phenoxy) is 3. The molecule has 0 bridgehead atoms. The van der Waals surface area contributed by atoms with Crippen LogP contribution in [0.4, 0.5) is 0 Å². The maximum absolute atomic E-state index is 12.4. The van der Waals surface area contributed by atoms with Crippen LogP contribution in [0.1, 0.15) is 29.2 Å². The Bertz CT molecular complexity index is 1270. The van der Waals surface area contributed by atoms with Crippen molar-refractivity contribution in [2.75, 3.05) is 6.61 Å². The Kier molecular flexibility index (Phi) is 7.69. The van der Waals surface area contributed by atoms with Crippen LogP contribution in [-0.2, 0) is 16.1 Å². The highest BCUT2D eigenvalue weighted by Gasteiger charge is 2.24. The molecule has 1 aliphatic heterocycles. The number of carbonyl (C=O) groups excluding carboxylic acids is 1. The van der Waals surface area contributed by atoms with Crippen molar-refractivity contribution in [3.63, 3.8) is 0 Å². The summed E-state index contributed by atoms with van der Waals surface area (Å²) in [6.07, 6.45) is 1.70. The van der Waals surface area contributed by atoms with Gasteiger partial charge in [0.2, 0.25) is 5.90 Å². The van der Waals surface area contributed by atoms with E-state index in [9.17, 15) is 4.79 Å². The molecule has 5 nitrogen and oxygen atoms in total. The minimum atomic E-state index is -0.474. The molecule has 4 rings (SSSR count). The van der Waals surface area contributed by atoms with Crippen molar-refractivity contribution in [1.29, 1.82) is 0 Å². The van der Waals surface area contributed by atoms with Gasteiger partial charge in [0.15, 0.2) is 17.2 Å². The minimum Gasteiger partial charge on any atom is -0.490 e. The molecule has 1 heterocycles. The Morgan fingerprint density at radius 1 is 1.00 bits per heavy atom. The zero-order valence-electron chi connectivity index (χ0n) is 18.1. The van der Waals surface area contributed by atoms with E-state index in [2.05, 4.69) is 56.2 Å². The van der Waals surface area contributed by atoms with Gasteiger partial charge in [-0.05, 0) is 124 Å². The zero-order valence-corrected chi connectivity index (χ0v) is 22.4. The lowest BCUT2D eigenvalue weighted by molar-refractivity contribution is -0.129. The van der Waals surface area contributed by atoms with Crippen LogP contribution < -0.4 is 9.47 Å². The van der Waals surface area contributed by atoms with E-state index in [1.54, 1.807) is 6.08 Å². The van der Waals surface area contributed by atoms with Crippen LogP contribution in [0, 0.1) is 14.1 Å². The zero-order chi connectivity index (χ0) is 23.4. The number of nitrogens with zero attached hydrogens (tertiary/aromatic N) is 1. The quantitative estimate of drug-likeness (QED) is 0.164. The van der Waals surface area contributed by atoms with Crippen LogP contribution in [0.2, 0.25) is 0 Å². The summed E-state index contributed by atoms with van der Waals surface area (Å²) in [7, 11) is 0. The van der Waals surface area contributed by atoms with Gasteiger partial charge >= 0.3 is 5.97 Å². The Morgan fingerprint density at radius 3 is 2.61 bits per heavy atom. The standard InChI is InChI=1S/C26H21I2NO4/c1-3-31-24-14-17(7-10-23(24)32-15-18-5-4-6-20(27)12-18)13-22-26(30)33-25(29-22)19-8-9-21(28)16(2)11-19/h4-14H,3,15H2,1-2H3/b22-13-. The van der Waals surface area contributed by atoms with Crippen molar-refractivity contribution < 1.29 is 19.0 Å². The van der Waals surface area contributed by atoms with Gasteiger partial charge in [-0.25, -0.2) is 9.79 Å². The second-order valence-electron chi connectivity index (χ2n) is 7.36. The average molecular weight is 665 g/mol. The van der Waals surface area contributed by atoms with Gasteiger partial charge < -0.3 is 14.2 Å². The Morgan fingerprint density at radius 2 is 1.85 bits per heavy atom. The first kappa shape index (κ1) is 23.7. The van der Waals surface area contributed by atoms with Crippen LogP contribution in [-0.4, -0.2) is 18.5 Å². The van der Waals surface area contributed by atoms with Gasteiger partial charge in [-0.15, -0.1) is 0 Å². The summed E-state index contributed by atoms with van der Waals surface area (Å²) in [5.41, 5.74) is 3.98. The van der Waals surface area contributed by atoms with Gasteiger partial charge in [0, 0.05) is 12.7 Å².